The van der Waals surface area contributed by atoms with Crippen LogP contribution in [0.3, 0.4) is 0 Å². The van der Waals surface area contributed by atoms with Gasteiger partial charge in [-0.1, -0.05) is 6.07 Å². The molecule has 0 fully saturated rings. The minimum absolute atomic E-state index is 0.167. The normalized spacial score (nSPS) is 10.2. The van der Waals surface area contributed by atoms with E-state index in [0.717, 1.165) is 0 Å². The van der Waals surface area contributed by atoms with Crippen molar-refractivity contribution in [2.45, 2.75) is 4.90 Å². The Bertz CT molecular complexity index is 629. The van der Waals surface area contributed by atoms with Crippen LogP contribution in [0.5, 0.6) is 5.75 Å². The lowest BCUT2D eigenvalue weighted by molar-refractivity contribution is -0.113. The third-order valence-electron chi connectivity index (χ3n) is 2.62. The van der Waals surface area contributed by atoms with Crippen molar-refractivity contribution in [3.05, 3.63) is 48.3 Å². The SMILES string of the molecule is COc1cccc(NC(=O)CSc2cc(N)cc(F)c2)c1. The fourth-order valence-corrected chi connectivity index (χ4v) is 2.50. The highest BCUT2D eigenvalue weighted by molar-refractivity contribution is 8.00. The Labute approximate surface area is 126 Å². The van der Waals surface area contributed by atoms with E-state index in [2.05, 4.69) is 5.32 Å². The van der Waals surface area contributed by atoms with E-state index in [9.17, 15) is 9.18 Å². The Morgan fingerprint density at radius 3 is 2.86 bits per heavy atom. The molecule has 0 aliphatic heterocycles. The number of methoxy groups -OCH3 is 1. The Balaban J connectivity index is 1.92. The first kappa shape index (κ1) is 15.2. The maximum atomic E-state index is 13.2. The van der Waals surface area contributed by atoms with Gasteiger partial charge in [0, 0.05) is 22.3 Å². The van der Waals surface area contributed by atoms with Crippen molar-refractivity contribution in [1.82, 2.24) is 0 Å². The van der Waals surface area contributed by atoms with Crippen molar-refractivity contribution in [1.29, 1.82) is 0 Å². The van der Waals surface area contributed by atoms with Gasteiger partial charge in [0.2, 0.25) is 5.91 Å². The van der Waals surface area contributed by atoms with E-state index in [0.29, 0.717) is 22.0 Å². The number of nitrogens with two attached hydrogens (primary N) is 1. The third-order valence-corrected chi connectivity index (χ3v) is 3.59. The van der Waals surface area contributed by atoms with Crippen LogP contribution >= 0.6 is 11.8 Å². The molecule has 0 aliphatic rings. The number of carbonyl (C=O) groups is 1. The first-order valence-corrected chi connectivity index (χ1v) is 7.18. The number of nitrogen functional groups attached to an aromatic ring is 1. The second-order valence-electron chi connectivity index (χ2n) is 4.29. The highest BCUT2D eigenvalue weighted by Crippen LogP contribution is 2.23. The number of rotatable bonds is 5. The number of benzene rings is 2. The summed E-state index contributed by atoms with van der Waals surface area (Å²) in [5, 5.41) is 2.75. The summed E-state index contributed by atoms with van der Waals surface area (Å²) in [6.45, 7) is 0. The minimum atomic E-state index is -0.411. The first-order chi connectivity index (χ1) is 10.1. The van der Waals surface area contributed by atoms with Crippen molar-refractivity contribution in [2.24, 2.45) is 0 Å². The molecule has 2 aromatic rings. The molecule has 6 heteroatoms. The highest BCUT2D eigenvalue weighted by Gasteiger charge is 2.06. The number of ether oxygens (including phenoxy) is 1. The molecular formula is C15H15FN2O2S. The second kappa shape index (κ2) is 6.99. The van der Waals surface area contributed by atoms with Crippen molar-refractivity contribution >= 4 is 29.0 Å². The molecule has 0 saturated heterocycles. The fraction of sp³-hybridized carbons (Fsp3) is 0.133. The van der Waals surface area contributed by atoms with Gasteiger partial charge >= 0.3 is 0 Å². The summed E-state index contributed by atoms with van der Waals surface area (Å²) in [5.74, 6) is 0.236. The van der Waals surface area contributed by atoms with Gasteiger partial charge in [-0.15, -0.1) is 11.8 Å². The van der Waals surface area contributed by atoms with Crippen LogP contribution < -0.4 is 15.8 Å². The maximum Gasteiger partial charge on any atom is 0.234 e. The summed E-state index contributed by atoms with van der Waals surface area (Å²) in [6.07, 6.45) is 0. The summed E-state index contributed by atoms with van der Waals surface area (Å²) in [5.41, 5.74) is 6.54. The van der Waals surface area contributed by atoms with Crippen LogP contribution in [-0.4, -0.2) is 18.8 Å². The van der Waals surface area contributed by atoms with Gasteiger partial charge in [0.25, 0.3) is 0 Å². The van der Waals surface area contributed by atoms with Crippen LogP contribution in [0.25, 0.3) is 0 Å². The molecular weight excluding hydrogens is 291 g/mol. The molecule has 110 valence electrons. The number of thioether (sulfide) groups is 1. The van der Waals surface area contributed by atoms with Gasteiger partial charge in [0.1, 0.15) is 11.6 Å². The number of hydrogen-bond acceptors (Lipinski definition) is 4. The molecule has 0 saturated carbocycles. The van der Waals surface area contributed by atoms with Crippen molar-refractivity contribution in [3.63, 3.8) is 0 Å². The van der Waals surface area contributed by atoms with E-state index < -0.39 is 5.82 Å². The molecule has 21 heavy (non-hydrogen) atoms. The Hall–Kier alpha value is -2.21. The smallest absolute Gasteiger partial charge is 0.234 e. The van der Waals surface area contributed by atoms with Gasteiger partial charge in [-0.2, -0.15) is 0 Å². The maximum absolute atomic E-state index is 13.2. The molecule has 3 N–H and O–H groups in total. The van der Waals surface area contributed by atoms with Crippen LogP contribution in [0.4, 0.5) is 15.8 Å². The minimum Gasteiger partial charge on any atom is -0.497 e. The topological polar surface area (TPSA) is 64.3 Å². The van der Waals surface area contributed by atoms with E-state index in [1.165, 1.54) is 23.9 Å². The molecule has 0 heterocycles. The summed E-state index contributed by atoms with van der Waals surface area (Å²) < 4.78 is 18.3. The largest absolute Gasteiger partial charge is 0.497 e. The van der Waals surface area contributed by atoms with Crippen molar-refractivity contribution in [3.8, 4) is 5.75 Å². The zero-order chi connectivity index (χ0) is 15.2. The number of carbonyl (C=O) groups excluding carboxylic acids is 1. The lowest BCUT2D eigenvalue weighted by Crippen LogP contribution is -2.14. The van der Waals surface area contributed by atoms with Gasteiger partial charge in [0.05, 0.1) is 12.9 Å². The molecule has 0 aromatic heterocycles. The Morgan fingerprint density at radius 2 is 2.14 bits per heavy atom. The second-order valence-corrected chi connectivity index (χ2v) is 5.34. The Morgan fingerprint density at radius 1 is 1.33 bits per heavy atom. The number of nitrogens with one attached hydrogen (secondary N) is 1. The average molecular weight is 306 g/mol. The predicted octanol–water partition coefficient (Wildman–Crippen LogP) is 3.15. The third kappa shape index (κ3) is 4.68. The molecule has 1 amide bonds. The summed E-state index contributed by atoms with van der Waals surface area (Å²) in [4.78, 5) is 12.5. The van der Waals surface area contributed by atoms with E-state index in [1.807, 2.05) is 0 Å². The summed E-state index contributed by atoms with van der Waals surface area (Å²) >= 11 is 1.22. The van der Waals surface area contributed by atoms with Gasteiger partial charge in [-0.05, 0) is 30.3 Å². The van der Waals surface area contributed by atoms with Crippen molar-refractivity contribution < 1.29 is 13.9 Å². The fourth-order valence-electron chi connectivity index (χ4n) is 1.71. The van der Waals surface area contributed by atoms with E-state index in [1.54, 1.807) is 37.4 Å². The molecule has 4 nitrogen and oxygen atoms in total. The lowest BCUT2D eigenvalue weighted by atomic mass is 10.3. The van der Waals surface area contributed by atoms with E-state index >= 15 is 0 Å². The zero-order valence-corrected chi connectivity index (χ0v) is 12.2. The van der Waals surface area contributed by atoms with Crippen LogP contribution in [0.1, 0.15) is 0 Å². The highest BCUT2D eigenvalue weighted by atomic mass is 32.2. The molecule has 0 aliphatic carbocycles. The first-order valence-electron chi connectivity index (χ1n) is 6.19. The monoisotopic (exact) mass is 306 g/mol. The summed E-state index contributed by atoms with van der Waals surface area (Å²) in [7, 11) is 1.56. The van der Waals surface area contributed by atoms with E-state index in [-0.39, 0.29) is 11.7 Å². The Kier molecular flexibility index (Phi) is 5.05. The van der Waals surface area contributed by atoms with Gasteiger partial charge in [-0.25, -0.2) is 4.39 Å². The van der Waals surface area contributed by atoms with Crippen LogP contribution in [0.15, 0.2) is 47.4 Å². The number of hydrogen-bond donors (Lipinski definition) is 2. The van der Waals surface area contributed by atoms with Gasteiger partial charge < -0.3 is 15.8 Å². The molecule has 0 radical (unpaired) electrons. The lowest BCUT2D eigenvalue weighted by Gasteiger charge is -2.07. The molecule has 0 atom stereocenters. The van der Waals surface area contributed by atoms with Gasteiger partial charge in [-0.3, -0.25) is 4.79 Å². The molecule has 2 rings (SSSR count). The average Bonchev–Trinajstić information content (AvgIpc) is 2.44. The quantitative estimate of drug-likeness (QED) is 0.658. The molecule has 2 aromatic carbocycles. The number of halogens is 1. The van der Waals surface area contributed by atoms with Crippen LogP contribution in [0, 0.1) is 5.82 Å². The standard InChI is InChI=1S/C15H15FN2O2S/c1-20-13-4-2-3-12(8-13)18-15(19)9-21-14-6-10(16)5-11(17)7-14/h2-8H,9,17H2,1H3,(H,18,19). The van der Waals surface area contributed by atoms with Crippen LogP contribution in [-0.2, 0) is 4.79 Å². The van der Waals surface area contributed by atoms with Gasteiger partial charge in [0.15, 0.2) is 0 Å². The molecule has 0 unspecified atom stereocenters. The summed E-state index contributed by atoms with van der Waals surface area (Å²) in [6, 6.07) is 11.3. The van der Waals surface area contributed by atoms with E-state index in [4.69, 9.17) is 10.5 Å². The number of anilines is 2. The number of amides is 1. The molecule has 0 spiro atoms. The van der Waals surface area contributed by atoms with Crippen LogP contribution in [0.2, 0.25) is 0 Å². The molecule has 0 bridgehead atoms. The van der Waals surface area contributed by atoms with Crippen molar-refractivity contribution in [2.75, 3.05) is 23.9 Å². The predicted molar refractivity (Wildman–Crippen MR) is 83.2 cm³/mol. The zero-order valence-electron chi connectivity index (χ0n) is 11.4.